The van der Waals surface area contributed by atoms with E-state index in [2.05, 4.69) is 153 Å². The lowest BCUT2D eigenvalue weighted by molar-refractivity contribution is 0.590. The Bertz CT molecular complexity index is 2910. The molecule has 8 nitrogen and oxygen atoms in total. The van der Waals surface area contributed by atoms with Crippen LogP contribution in [0, 0.1) is 13.8 Å². The van der Waals surface area contributed by atoms with Gasteiger partial charge in [0, 0.05) is 43.8 Å². The largest absolute Gasteiger partial charge is 0.324 e. The molecule has 0 amide bonds. The second-order valence-electron chi connectivity index (χ2n) is 18.1. The molecule has 0 radical (unpaired) electrons. The molecule has 54 heavy (non-hydrogen) atoms. The number of aromatic amines is 2. The Balaban J connectivity index is 1.48. The number of hydrogen-bond acceptors (Lipinski definition) is 6. The fourth-order valence-electron chi connectivity index (χ4n) is 7.46. The molecule has 5 heterocycles. The van der Waals surface area contributed by atoms with Crippen LogP contribution in [-0.2, 0) is 16.2 Å². The van der Waals surface area contributed by atoms with E-state index in [9.17, 15) is 0 Å². The van der Waals surface area contributed by atoms with Gasteiger partial charge in [-0.25, -0.2) is 29.9 Å². The third kappa shape index (κ3) is 5.49. The summed E-state index contributed by atoms with van der Waals surface area (Å²) in [5.41, 5.74) is 12.4. The molecule has 0 aliphatic carbocycles. The highest BCUT2D eigenvalue weighted by Gasteiger charge is 2.26. The quantitative estimate of drug-likeness (QED) is 0.162. The first kappa shape index (κ1) is 34.0. The molecule has 0 unspecified atom stereocenters. The molecule has 0 saturated carbocycles. The first-order valence-corrected chi connectivity index (χ1v) is 18.8. The van der Waals surface area contributed by atoms with E-state index in [1.165, 1.54) is 27.8 Å². The topological polar surface area (TPSA) is 109 Å². The molecule has 2 aliphatic heterocycles. The fraction of sp³-hybridized carbons (Fsp3) is 0.304. The van der Waals surface area contributed by atoms with E-state index in [1.54, 1.807) is 0 Å². The highest BCUT2D eigenvalue weighted by Crippen LogP contribution is 2.40. The Hall–Kier alpha value is -5.76. The minimum absolute atomic E-state index is 0.0620. The third-order valence-corrected chi connectivity index (χ3v) is 11.0. The maximum absolute atomic E-state index is 5.30. The minimum atomic E-state index is -0.0633. The Morgan fingerprint density at radius 3 is 1.09 bits per heavy atom. The maximum Gasteiger partial charge on any atom is 0.164 e. The van der Waals surface area contributed by atoms with Crippen molar-refractivity contribution >= 4 is 44.1 Å². The van der Waals surface area contributed by atoms with Crippen LogP contribution in [0.25, 0.3) is 89.7 Å². The van der Waals surface area contributed by atoms with Crippen LogP contribution in [0.15, 0.2) is 66.7 Å². The van der Waals surface area contributed by atoms with Crippen LogP contribution in [0.5, 0.6) is 0 Å². The van der Waals surface area contributed by atoms with Gasteiger partial charge in [-0.1, -0.05) is 98.7 Å². The summed E-state index contributed by atoms with van der Waals surface area (Å²) in [7, 11) is 0. The number of H-pyrrole nitrogens is 2. The van der Waals surface area contributed by atoms with Gasteiger partial charge in [0.2, 0.25) is 0 Å². The summed E-state index contributed by atoms with van der Waals surface area (Å²) < 4.78 is 0. The van der Waals surface area contributed by atoms with E-state index in [0.29, 0.717) is 45.9 Å². The molecule has 7 aromatic rings. The molecule has 8 bridgehead atoms. The molecule has 0 atom stereocenters. The Kier molecular flexibility index (Phi) is 7.17. The molecule has 2 N–H and O–H groups in total. The number of rotatable bonds is 0. The second-order valence-corrected chi connectivity index (χ2v) is 18.1. The van der Waals surface area contributed by atoms with E-state index in [0.717, 1.165) is 43.8 Å². The fourth-order valence-corrected chi connectivity index (χ4v) is 7.46. The van der Waals surface area contributed by atoms with Crippen LogP contribution >= 0.6 is 0 Å². The minimum Gasteiger partial charge on any atom is -0.324 e. The molecule has 9 rings (SSSR count). The monoisotopic (exact) mass is 710 g/mol. The van der Waals surface area contributed by atoms with Gasteiger partial charge in [-0.15, -0.1) is 0 Å². The van der Waals surface area contributed by atoms with Crippen LogP contribution in [0.4, 0.5) is 0 Å². The second kappa shape index (κ2) is 11.4. The van der Waals surface area contributed by atoms with Gasteiger partial charge in [-0.05, 0) is 88.2 Å². The van der Waals surface area contributed by atoms with Crippen molar-refractivity contribution in [2.75, 3.05) is 0 Å². The molecule has 0 spiro atoms. The van der Waals surface area contributed by atoms with Gasteiger partial charge in [0.25, 0.3) is 0 Å². The molecule has 4 aromatic carbocycles. The van der Waals surface area contributed by atoms with Crippen molar-refractivity contribution in [2.24, 2.45) is 0 Å². The third-order valence-electron chi connectivity index (χ3n) is 11.0. The summed E-state index contributed by atoms with van der Waals surface area (Å²) in [6.07, 6.45) is 0. The smallest absolute Gasteiger partial charge is 0.164 e. The number of fused-ring (bicyclic) bond motifs is 20. The van der Waals surface area contributed by atoms with Crippen LogP contribution < -0.4 is 0 Å². The first-order chi connectivity index (χ1) is 25.4. The molecule has 270 valence electrons. The molecule has 8 heteroatoms. The average molecular weight is 711 g/mol. The number of nitrogens with one attached hydrogen (secondary N) is 2. The number of aryl methyl sites for hydroxylation is 2. The normalized spacial score (nSPS) is 13.1. The van der Waals surface area contributed by atoms with Gasteiger partial charge in [-0.2, -0.15) is 0 Å². The molecule has 2 aliphatic rings. The zero-order valence-electron chi connectivity index (χ0n) is 33.0. The van der Waals surface area contributed by atoms with E-state index in [1.807, 2.05) is 0 Å². The Labute approximate surface area is 315 Å². The van der Waals surface area contributed by atoms with Crippen molar-refractivity contribution in [3.05, 3.63) is 94.5 Å². The highest BCUT2D eigenvalue weighted by atomic mass is 15.1. The molecule has 0 saturated heterocycles. The van der Waals surface area contributed by atoms with E-state index < -0.39 is 0 Å². The lowest BCUT2D eigenvalue weighted by Gasteiger charge is -2.19. The van der Waals surface area contributed by atoms with Gasteiger partial charge < -0.3 is 9.97 Å². The zero-order valence-corrected chi connectivity index (χ0v) is 33.0. The van der Waals surface area contributed by atoms with Crippen molar-refractivity contribution < 1.29 is 0 Å². The van der Waals surface area contributed by atoms with Gasteiger partial charge in [0.05, 0.1) is 0 Å². The van der Waals surface area contributed by atoms with Crippen LogP contribution in [0.3, 0.4) is 0 Å². The Morgan fingerprint density at radius 2 is 0.685 bits per heavy atom. The van der Waals surface area contributed by atoms with Crippen molar-refractivity contribution in [1.29, 1.82) is 0 Å². The van der Waals surface area contributed by atoms with Crippen molar-refractivity contribution in [3.8, 4) is 45.6 Å². The number of aromatic nitrogens is 8. The average Bonchev–Trinajstić information content (AvgIpc) is 3.82. The van der Waals surface area contributed by atoms with Gasteiger partial charge in [0.1, 0.15) is 22.6 Å². The lowest BCUT2D eigenvalue weighted by Crippen LogP contribution is -2.10. The Morgan fingerprint density at radius 1 is 0.352 bits per heavy atom. The van der Waals surface area contributed by atoms with Crippen molar-refractivity contribution in [3.63, 3.8) is 0 Å². The summed E-state index contributed by atoms with van der Waals surface area (Å²) in [6.45, 7) is 24.3. The molecule has 3 aromatic heterocycles. The summed E-state index contributed by atoms with van der Waals surface area (Å²) in [5.74, 6) is 2.43. The predicted molar refractivity (Wildman–Crippen MR) is 222 cm³/mol. The van der Waals surface area contributed by atoms with Crippen LogP contribution in [0.2, 0.25) is 0 Å². The summed E-state index contributed by atoms with van der Waals surface area (Å²) >= 11 is 0. The zero-order chi connectivity index (χ0) is 38.1. The summed E-state index contributed by atoms with van der Waals surface area (Å²) in [6, 6.07) is 24.0. The molecular weight excluding hydrogens is 665 g/mol. The summed E-state index contributed by atoms with van der Waals surface area (Å²) in [4.78, 5) is 38.7. The molecule has 0 fully saturated rings. The lowest BCUT2D eigenvalue weighted by atomic mass is 9.85. The predicted octanol–water partition coefficient (Wildman–Crippen LogP) is 11.4. The first-order valence-electron chi connectivity index (χ1n) is 18.8. The highest BCUT2D eigenvalue weighted by molar-refractivity contribution is 6.07. The standard InChI is InChI=1S/C46H46N8/c1-23-18-31-32(19-24(23)2)40-53-39(31)47-36-28-15-12-25(44(3,4)5)20-33(28)41(48-36)49-37-29-16-13-26(45(6,7)8)21-34(29)42(50-37)51-38-30-17-14-27(46(9,10)11)22-35(30)43(52-38)54-40/h12-22H,1-11H3,(H2,47,48,49,50,51,52,53,54). The van der Waals surface area contributed by atoms with Crippen molar-refractivity contribution in [2.45, 2.75) is 92.4 Å². The van der Waals surface area contributed by atoms with E-state index in [4.69, 9.17) is 29.9 Å². The van der Waals surface area contributed by atoms with Gasteiger partial charge in [-0.3, -0.25) is 0 Å². The van der Waals surface area contributed by atoms with Crippen LogP contribution in [0.1, 0.15) is 90.1 Å². The number of hydrogen-bond donors (Lipinski definition) is 2. The van der Waals surface area contributed by atoms with Crippen molar-refractivity contribution in [1.82, 2.24) is 39.9 Å². The summed E-state index contributed by atoms with van der Waals surface area (Å²) in [5, 5.41) is 3.90. The number of nitrogens with zero attached hydrogens (tertiary/aromatic N) is 6. The van der Waals surface area contributed by atoms with Gasteiger partial charge >= 0.3 is 0 Å². The molecular formula is C46H46N8. The van der Waals surface area contributed by atoms with E-state index >= 15 is 0 Å². The van der Waals surface area contributed by atoms with Crippen LogP contribution in [-0.4, -0.2) is 39.9 Å². The SMILES string of the molecule is Cc1cc2c3nc4nc(nc5[nH]c(nc6nc(nc([nH]3)c2cc1C)-c1cc(C(C)(C)C)ccc1-6)c1cc(C(C)(C)C)ccc51)-c1cc(C(C)(C)C)ccc1-4. The maximum atomic E-state index is 5.30. The number of benzene rings is 4. The van der Waals surface area contributed by atoms with Gasteiger partial charge in [0.15, 0.2) is 23.3 Å². The van der Waals surface area contributed by atoms with E-state index in [-0.39, 0.29) is 16.2 Å².